The molecule has 0 saturated carbocycles. The molecule has 0 bridgehead atoms. The van der Waals surface area contributed by atoms with E-state index in [2.05, 4.69) is 21.2 Å². The van der Waals surface area contributed by atoms with Crippen LogP contribution in [-0.4, -0.2) is 24.0 Å². The first-order valence-corrected chi connectivity index (χ1v) is 9.81. The fraction of sp³-hybridized carbons (Fsp3) is 0.278. The van der Waals surface area contributed by atoms with E-state index in [0.717, 1.165) is 27.1 Å². The van der Waals surface area contributed by atoms with Gasteiger partial charge in [-0.05, 0) is 49.2 Å². The van der Waals surface area contributed by atoms with Gasteiger partial charge in [0.05, 0.1) is 23.1 Å². The fourth-order valence-corrected chi connectivity index (χ4v) is 3.54. The molecule has 2 aromatic rings. The Bertz CT molecular complexity index is 701. The number of amides is 1. The van der Waals surface area contributed by atoms with E-state index in [9.17, 15) is 4.79 Å². The Hall–Kier alpha value is -1.17. The van der Waals surface area contributed by atoms with E-state index in [1.54, 1.807) is 0 Å². The Balaban J connectivity index is 1.72. The number of hydrogen-bond acceptors (Lipinski definition) is 3. The summed E-state index contributed by atoms with van der Waals surface area (Å²) in [5.41, 5.74) is 2.74. The van der Waals surface area contributed by atoms with Crippen LogP contribution in [0.4, 0.5) is 5.69 Å². The maximum atomic E-state index is 12.0. The first-order chi connectivity index (χ1) is 11.5. The summed E-state index contributed by atoms with van der Waals surface area (Å²) < 4.78 is 6.62. The van der Waals surface area contributed by atoms with Crippen molar-refractivity contribution in [3.05, 3.63) is 57.0 Å². The highest BCUT2D eigenvalue weighted by Crippen LogP contribution is 2.27. The number of aryl methyl sites for hydroxylation is 2. The van der Waals surface area contributed by atoms with E-state index < -0.39 is 0 Å². The lowest BCUT2D eigenvalue weighted by Gasteiger charge is -2.11. The van der Waals surface area contributed by atoms with Crippen LogP contribution in [0.5, 0.6) is 5.75 Å². The monoisotopic (exact) mass is 427 g/mol. The molecular formula is C18H19BrClNO2S. The lowest BCUT2D eigenvalue weighted by Crippen LogP contribution is -2.16. The van der Waals surface area contributed by atoms with Crippen LogP contribution in [0.2, 0.25) is 5.02 Å². The second kappa shape index (κ2) is 9.35. The lowest BCUT2D eigenvalue weighted by molar-refractivity contribution is -0.113. The topological polar surface area (TPSA) is 38.3 Å². The molecule has 0 spiro atoms. The maximum Gasteiger partial charge on any atom is 0.234 e. The molecule has 0 aliphatic heterocycles. The standard InChI is InChI=1S/C18H19BrClNO2S/c1-12-8-13(2)18(16(20)9-12)21-17(22)11-24-7-6-23-15-5-3-4-14(19)10-15/h3-5,8-10H,6-7,11H2,1-2H3,(H,21,22). The molecule has 0 atom stereocenters. The Labute approximate surface area is 160 Å². The van der Waals surface area contributed by atoms with Gasteiger partial charge in [0, 0.05) is 10.2 Å². The minimum Gasteiger partial charge on any atom is -0.493 e. The van der Waals surface area contributed by atoms with Gasteiger partial charge in [0.2, 0.25) is 5.91 Å². The average molecular weight is 429 g/mol. The summed E-state index contributed by atoms with van der Waals surface area (Å²) in [6.45, 7) is 4.47. The number of hydrogen-bond donors (Lipinski definition) is 1. The molecule has 0 aliphatic carbocycles. The highest BCUT2D eigenvalue weighted by Gasteiger charge is 2.09. The Morgan fingerprint density at radius 1 is 1.29 bits per heavy atom. The number of halogens is 2. The molecule has 128 valence electrons. The first kappa shape index (κ1) is 19.2. The van der Waals surface area contributed by atoms with Crippen LogP contribution in [0.3, 0.4) is 0 Å². The van der Waals surface area contributed by atoms with Crippen LogP contribution < -0.4 is 10.1 Å². The number of ether oxygens (including phenoxy) is 1. The molecule has 0 fully saturated rings. The summed E-state index contributed by atoms with van der Waals surface area (Å²) in [4.78, 5) is 12.0. The predicted octanol–water partition coefficient (Wildman–Crippen LogP) is 5.47. The molecule has 0 saturated heterocycles. The molecule has 6 heteroatoms. The molecule has 24 heavy (non-hydrogen) atoms. The molecule has 0 aliphatic rings. The SMILES string of the molecule is Cc1cc(C)c(NC(=O)CSCCOc2cccc(Br)c2)c(Cl)c1. The summed E-state index contributed by atoms with van der Waals surface area (Å²) in [5, 5.41) is 3.46. The molecule has 0 unspecified atom stereocenters. The minimum atomic E-state index is -0.0590. The molecule has 2 rings (SSSR count). The molecule has 1 amide bonds. The van der Waals surface area contributed by atoms with Crippen molar-refractivity contribution in [2.24, 2.45) is 0 Å². The minimum absolute atomic E-state index is 0.0590. The van der Waals surface area contributed by atoms with Gasteiger partial charge in [-0.3, -0.25) is 4.79 Å². The van der Waals surface area contributed by atoms with Crippen LogP contribution in [0.15, 0.2) is 40.9 Å². The number of benzene rings is 2. The van der Waals surface area contributed by atoms with E-state index >= 15 is 0 Å². The van der Waals surface area contributed by atoms with Gasteiger partial charge < -0.3 is 10.1 Å². The summed E-state index contributed by atoms with van der Waals surface area (Å²) in [7, 11) is 0. The van der Waals surface area contributed by atoms with Crippen molar-refractivity contribution in [1.82, 2.24) is 0 Å². The van der Waals surface area contributed by atoms with Gasteiger partial charge in [-0.2, -0.15) is 0 Å². The zero-order chi connectivity index (χ0) is 17.5. The van der Waals surface area contributed by atoms with Gasteiger partial charge in [0.25, 0.3) is 0 Å². The third-order valence-corrected chi connectivity index (χ3v) is 4.93. The smallest absolute Gasteiger partial charge is 0.234 e. The van der Waals surface area contributed by atoms with Gasteiger partial charge in [0.15, 0.2) is 0 Å². The maximum absolute atomic E-state index is 12.0. The highest BCUT2D eigenvalue weighted by molar-refractivity contribution is 9.10. The summed E-state index contributed by atoms with van der Waals surface area (Å²) in [6.07, 6.45) is 0. The van der Waals surface area contributed by atoms with Crippen molar-refractivity contribution >= 4 is 50.9 Å². The Morgan fingerprint density at radius 2 is 2.08 bits per heavy atom. The number of thioether (sulfide) groups is 1. The van der Waals surface area contributed by atoms with Gasteiger partial charge in [-0.25, -0.2) is 0 Å². The number of anilines is 1. The van der Waals surface area contributed by atoms with Crippen molar-refractivity contribution < 1.29 is 9.53 Å². The number of rotatable bonds is 7. The molecule has 2 aromatic carbocycles. The van der Waals surface area contributed by atoms with E-state index in [0.29, 0.717) is 23.1 Å². The second-order valence-corrected chi connectivity index (χ2v) is 7.77. The molecular weight excluding hydrogens is 410 g/mol. The molecule has 0 heterocycles. The Morgan fingerprint density at radius 3 is 2.79 bits per heavy atom. The largest absolute Gasteiger partial charge is 0.493 e. The fourth-order valence-electron chi connectivity index (χ4n) is 2.19. The van der Waals surface area contributed by atoms with Crippen molar-refractivity contribution in [2.75, 3.05) is 23.4 Å². The zero-order valence-corrected chi connectivity index (χ0v) is 16.7. The third kappa shape index (κ3) is 6.04. The van der Waals surface area contributed by atoms with Gasteiger partial charge in [-0.15, -0.1) is 11.8 Å². The van der Waals surface area contributed by atoms with Crippen LogP contribution >= 0.6 is 39.3 Å². The number of carbonyl (C=O) groups excluding carboxylic acids is 1. The second-order valence-electron chi connectivity index (χ2n) is 5.35. The van der Waals surface area contributed by atoms with E-state index in [4.69, 9.17) is 16.3 Å². The molecule has 3 nitrogen and oxygen atoms in total. The van der Waals surface area contributed by atoms with Crippen molar-refractivity contribution in [2.45, 2.75) is 13.8 Å². The quantitative estimate of drug-likeness (QED) is 0.594. The van der Waals surface area contributed by atoms with Crippen molar-refractivity contribution in [1.29, 1.82) is 0 Å². The van der Waals surface area contributed by atoms with Crippen molar-refractivity contribution in [3.8, 4) is 5.75 Å². The van der Waals surface area contributed by atoms with E-state index in [1.165, 1.54) is 11.8 Å². The van der Waals surface area contributed by atoms with Gasteiger partial charge in [0.1, 0.15) is 5.75 Å². The van der Waals surface area contributed by atoms with Gasteiger partial charge in [-0.1, -0.05) is 39.7 Å². The van der Waals surface area contributed by atoms with Crippen LogP contribution in [0.25, 0.3) is 0 Å². The summed E-state index contributed by atoms with van der Waals surface area (Å²) >= 11 is 11.1. The van der Waals surface area contributed by atoms with Crippen molar-refractivity contribution in [3.63, 3.8) is 0 Å². The highest BCUT2D eigenvalue weighted by atomic mass is 79.9. The normalized spacial score (nSPS) is 10.5. The first-order valence-electron chi connectivity index (χ1n) is 7.48. The molecule has 0 radical (unpaired) electrons. The lowest BCUT2D eigenvalue weighted by atomic mass is 10.1. The third-order valence-electron chi connectivity index (χ3n) is 3.22. The van der Waals surface area contributed by atoms with Crippen LogP contribution in [-0.2, 0) is 4.79 Å². The summed E-state index contributed by atoms with van der Waals surface area (Å²) in [5.74, 6) is 1.86. The number of nitrogens with one attached hydrogen (secondary N) is 1. The Kier molecular flexibility index (Phi) is 7.46. The van der Waals surface area contributed by atoms with E-state index in [-0.39, 0.29) is 5.91 Å². The average Bonchev–Trinajstić information content (AvgIpc) is 2.50. The van der Waals surface area contributed by atoms with Crippen LogP contribution in [0.1, 0.15) is 11.1 Å². The predicted molar refractivity (Wildman–Crippen MR) is 107 cm³/mol. The van der Waals surface area contributed by atoms with E-state index in [1.807, 2.05) is 50.2 Å². The summed E-state index contributed by atoms with van der Waals surface area (Å²) in [6, 6.07) is 11.5. The van der Waals surface area contributed by atoms with Crippen LogP contribution in [0, 0.1) is 13.8 Å². The van der Waals surface area contributed by atoms with Gasteiger partial charge >= 0.3 is 0 Å². The molecule has 1 N–H and O–H groups in total. The number of carbonyl (C=O) groups is 1. The zero-order valence-electron chi connectivity index (χ0n) is 13.6. The molecule has 0 aromatic heterocycles.